The maximum absolute atomic E-state index is 12.5. The van der Waals surface area contributed by atoms with Gasteiger partial charge in [-0.25, -0.2) is 15.2 Å². The van der Waals surface area contributed by atoms with Crippen molar-refractivity contribution >= 4 is 46.1 Å². The third kappa shape index (κ3) is 8.68. The number of carbonyl (C=O) groups is 2. The maximum Gasteiger partial charge on any atom is 0.414 e. The van der Waals surface area contributed by atoms with E-state index in [1.54, 1.807) is 45.4 Å². The molecule has 4 N–H and O–H groups in total. The average Bonchev–Trinajstić information content (AvgIpc) is 3.44. The summed E-state index contributed by atoms with van der Waals surface area (Å²) in [5, 5.41) is 21.8. The highest BCUT2D eigenvalue weighted by Gasteiger charge is 2.29. The van der Waals surface area contributed by atoms with Crippen LogP contribution in [0.25, 0.3) is 0 Å². The third-order valence-corrected chi connectivity index (χ3v) is 7.51. The Morgan fingerprint density at radius 1 is 1.31 bits per heavy atom. The number of aromatic amines is 1. The molecule has 15 heteroatoms. The van der Waals surface area contributed by atoms with Gasteiger partial charge in [0, 0.05) is 49.2 Å². The molecule has 2 aliphatic rings. The van der Waals surface area contributed by atoms with Crippen LogP contribution in [0.15, 0.2) is 40.8 Å². The van der Waals surface area contributed by atoms with E-state index in [1.807, 2.05) is 11.8 Å². The lowest BCUT2D eigenvalue weighted by Gasteiger charge is -2.34. The van der Waals surface area contributed by atoms with Crippen molar-refractivity contribution in [1.29, 1.82) is 0 Å². The number of H-pyrrole nitrogens is 1. The summed E-state index contributed by atoms with van der Waals surface area (Å²) in [6, 6.07) is 5.07. The Bertz CT molecular complexity index is 1330. The van der Waals surface area contributed by atoms with Crippen LogP contribution < -0.4 is 21.0 Å². The fraction of sp³-hybridized carbons (Fsp3) is 0.519. The molecule has 226 valence electrons. The van der Waals surface area contributed by atoms with Gasteiger partial charge in [-0.05, 0) is 59.4 Å². The fourth-order valence-electron chi connectivity index (χ4n) is 4.70. The van der Waals surface area contributed by atoms with Gasteiger partial charge in [0.05, 0.1) is 22.2 Å². The number of hydrazone groups is 1. The predicted octanol–water partition coefficient (Wildman–Crippen LogP) is 3.94. The number of hydrogen-bond acceptors (Lipinski definition) is 10. The molecule has 2 aromatic rings. The molecule has 14 nitrogen and oxygen atoms in total. The predicted molar refractivity (Wildman–Crippen MR) is 162 cm³/mol. The quantitative estimate of drug-likeness (QED) is 0.115. The van der Waals surface area contributed by atoms with Crippen molar-refractivity contribution in [3.63, 3.8) is 0 Å². The average molecular weight is 600 g/mol. The van der Waals surface area contributed by atoms with E-state index >= 15 is 0 Å². The molecular formula is C27H37N9O5S. The first-order valence-electron chi connectivity index (χ1n) is 13.8. The summed E-state index contributed by atoms with van der Waals surface area (Å²) < 4.78 is 5.41. The Hall–Kier alpha value is -4.14. The van der Waals surface area contributed by atoms with Crippen LogP contribution in [-0.2, 0) is 11.2 Å². The van der Waals surface area contributed by atoms with Crippen molar-refractivity contribution in [1.82, 2.24) is 26.0 Å². The van der Waals surface area contributed by atoms with E-state index in [1.165, 1.54) is 6.07 Å². The molecule has 1 atom stereocenters. The van der Waals surface area contributed by atoms with Gasteiger partial charge in [0.2, 0.25) is 5.96 Å². The minimum Gasteiger partial charge on any atom is -0.444 e. The van der Waals surface area contributed by atoms with E-state index in [2.05, 4.69) is 36.1 Å². The molecule has 1 unspecified atom stereocenters. The zero-order valence-electron chi connectivity index (χ0n) is 24.2. The highest BCUT2D eigenvalue weighted by atomic mass is 32.2. The third-order valence-electron chi connectivity index (χ3n) is 6.63. The maximum atomic E-state index is 12.5. The molecule has 1 aromatic heterocycles. The normalized spacial score (nSPS) is 18.2. The van der Waals surface area contributed by atoms with Crippen molar-refractivity contribution in [2.45, 2.75) is 70.3 Å². The smallest absolute Gasteiger partial charge is 0.414 e. The van der Waals surface area contributed by atoms with Gasteiger partial charge >= 0.3 is 6.09 Å². The Labute approximate surface area is 248 Å². The van der Waals surface area contributed by atoms with E-state index in [-0.39, 0.29) is 27.1 Å². The van der Waals surface area contributed by atoms with E-state index in [9.17, 15) is 19.7 Å². The number of aromatic nitrogens is 2. The molecule has 2 amide bonds. The second-order valence-electron chi connectivity index (χ2n) is 11.1. The number of benzene rings is 1. The lowest BCUT2D eigenvalue weighted by Crippen LogP contribution is -2.51. The van der Waals surface area contributed by atoms with E-state index in [0.29, 0.717) is 55.4 Å². The molecule has 42 heavy (non-hydrogen) atoms. The van der Waals surface area contributed by atoms with Gasteiger partial charge in [-0.3, -0.25) is 25.2 Å². The number of nitrogens with one attached hydrogen (secondary N) is 4. The van der Waals surface area contributed by atoms with Gasteiger partial charge in [-0.2, -0.15) is 5.10 Å². The molecule has 0 spiro atoms. The second-order valence-corrected chi connectivity index (χ2v) is 12.4. The zero-order chi connectivity index (χ0) is 30.3. The van der Waals surface area contributed by atoms with Crippen molar-refractivity contribution in [3.8, 4) is 0 Å². The number of alkyl carbamates (subject to hydrolysis) is 1. The number of carbonyl (C=O) groups excluding carboxylic acids is 2. The highest BCUT2D eigenvalue weighted by molar-refractivity contribution is 8.14. The first-order valence-corrected chi connectivity index (χ1v) is 14.7. The minimum absolute atomic E-state index is 0.000969. The van der Waals surface area contributed by atoms with Gasteiger partial charge in [-0.1, -0.05) is 17.8 Å². The van der Waals surface area contributed by atoms with Crippen molar-refractivity contribution in [2.75, 3.05) is 24.5 Å². The molecule has 0 aliphatic carbocycles. The summed E-state index contributed by atoms with van der Waals surface area (Å²) in [5.74, 6) is 0.343. The number of imidazole rings is 1. The zero-order valence-corrected chi connectivity index (χ0v) is 25.0. The summed E-state index contributed by atoms with van der Waals surface area (Å²) in [6.45, 7) is 8.85. The summed E-state index contributed by atoms with van der Waals surface area (Å²) in [6.07, 6.45) is 5.71. The van der Waals surface area contributed by atoms with Crippen LogP contribution in [-0.4, -0.2) is 74.4 Å². The number of aliphatic imine (C=N–C) groups is 1. The number of ether oxygens (including phenoxy) is 1. The van der Waals surface area contributed by atoms with Gasteiger partial charge in [-0.15, -0.1) is 0 Å². The number of anilines is 1. The number of guanidine groups is 1. The Morgan fingerprint density at radius 3 is 2.71 bits per heavy atom. The number of amides is 2. The highest BCUT2D eigenvalue weighted by Crippen LogP contribution is 2.33. The molecule has 4 rings (SSSR count). The molecule has 1 fully saturated rings. The fourth-order valence-corrected chi connectivity index (χ4v) is 5.42. The standard InChI is InChI=1S/C27H37N9O5S/c1-17-23(33-34-26(38)42-17)18-7-8-21(22(14-18)36(39)40)35-12-9-19(10-13-35)31-24(32-25(37)41-27(2,3)4)29-11-5-6-20-15-28-16-30-20/h7-8,14-17,19H,5-6,9-13H2,1-4H3,(H,28,30)(H,34,38)(H2,29,31,32,37). The van der Waals surface area contributed by atoms with Crippen LogP contribution in [0.4, 0.5) is 21.0 Å². The Balaban J connectivity index is 1.40. The summed E-state index contributed by atoms with van der Waals surface area (Å²) >= 11 is 1.09. The van der Waals surface area contributed by atoms with Gasteiger partial charge in [0.1, 0.15) is 11.3 Å². The Morgan fingerprint density at radius 2 is 2.07 bits per heavy atom. The number of rotatable bonds is 8. The Kier molecular flexibility index (Phi) is 10.0. The molecule has 1 aromatic carbocycles. The molecule has 0 saturated carbocycles. The largest absolute Gasteiger partial charge is 0.444 e. The monoisotopic (exact) mass is 599 g/mol. The lowest BCUT2D eigenvalue weighted by molar-refractivity contribution is -0.384. The van der Waals surface area contributed by atoms with Crippen LogP contribution in [0.2, 0.25) is 0 Å². The molecule has 3 heterocycles. The number of piperidine rings is 1. The molecule has 0 radical (unpaired) electrons. The molecule has 1 saturated heterocycles. The number of nitro benzene ring substituents is 1. The summed E-state index contributed by atoms with van der Waals surface area (Å²) in [7, 11) is 0. The van der Waals surface area contributed by atoms with Gasteiger partial charge in [0.25, 0.3) is 10.9 Å². The van der Waals surface area contributed by atoms with Crippen LogP contribution in [0.1, 0.15) is 58.2 Å². The topological polar surface area (TPSA) is 179 Å². The van der Waals surface area contributed by atoms with Crippen LogP contribution in [0, 0.1) is 10.1 Å². The number of aryl methyl sites for hydroxylation is 1. The first-order chi connectivity index (χ1) is 20.0. The van der Waals surface area contributed by atoms with Crippen LogP contribution in [0.3, 0.4) is 0 Å². The van der Waals surface area contributed by atoms with Gasteiger partial charge < -0.3 is 19.9 Å². The van der Waals surface area contributed by atoms with Crippen LogP contribution in [0.5, 0.6) is 0 Å². The van der Waals surface area contributed by atoms with Crippen molar-refractivity contribution in [2.24, 2.45) is 10.1 Å². The lowest BCUT2D eigenvalue weighted by atomic mass is 10.0. The second kappa shape index (κ2) is 13.7. The first kappa shape index (κ1) is 30.8. The van der Waals surface area contributed by atoms with Crippen LogP contribution >= 0.6 is 11.8 Å². The number of hydrogen-bond donors (Lipinski definition) is 4. The van der Waals surface area contributed by atoms with Gasteiger partial charge in [0.15, 0.2) is 0 Å². The molecule has 0 bridgehead atoms. The van der Waals surface area contributed by atoms with Crippen molar-refractivity contribution in [3.05, 3.63) is 52.1 Å². The number of nitrogens with zero attached hydrogens (tertiary/aromatic N) is 5. The van der Waals surface area contributed by atoms with E-state index in [4.69, 9.17) is 4.74 Å². The molecular weight excluding hydrogens is 562 g/mol. The van der Waals surface area contributed by atoms with E-state index in [0.717, 1.165) is 30.3 Å². The molecule has 2 aliphatic heterocycles. The summed E-state index contributed by atoms with van der Waals surface area (Å²) in [5.41, 5.74) is 4.50. The number of thioether (sulfide) groups is 1. The summed E-state index contributed by atoms with van der Waals surface area (Å²) in [4.78, 5) is 49.4. The minimum atomic E-state index is -0.653. The van der Waals surface area contributed by atoms with Crippen molar-refractivity contribution < 1.29 is 19.2 Å². The number of nitro groups is 1. The SMILES string of the molecule is CC1SC(=O)NN=C1c1ccc(N2CCC(NC(=NCCCc3cnc[nH]3)NC(=O)OC(C)(C)C)CC2)c([N+](=O)[O-])c1. The van der Waals surface area contributed by atoms with E-state index < -0.39 is 11.7 Å².